The van der Waals surface area contributed by atoms with Crippen LogP contribution in [-0.2, 0) is 19.6 Å². The molecule has 0 aromatic heterocycles. The summed E-state index contributed by atoms with van der Waals surface area (Å²) in [6.07, 6.45) is 0.960. The second kappa shape index (κ2) is 7.93. The molecule has 2 N–H and O–H groups in total. The summed E-state index contributed by atoms with van der Waals surface area (Å²) < 4.78 is 51.0. The van der Waals surface area contributed by atoms with Crippen LogP contribution in [0.2, 0.25) is 0 Å². The first kappa shape index (κ1) is 19.1. The number of rotatable bonds is 6. The van der Waals surface area contributed by atoms with Crippen molar-refractivity contribution in [1.29, 1.82) is 0 Å². The molecule has 1 amide bonds. The summed E-state index contributed by atoms with van der Waals surface area (Å²) in [6.45, 7) is 0.545. The maximum atomic E-state index is 13.0. The molecule has 1 unspecified atom stereocenters. The van der Waals surface area contributed by atoms with Crippen LogP contribution in [0.5, 0.6) is 5.75 Å². The van der Waals surface area contributed by atoms with Crippen molar-refractivity contribution in [2.24, 2.45) is 0 Å². The molecule has 1 fully saturated rings. The number of carbonyl (C=O) groups excluding carboxylic acids is 1. The van der Waals surface area contributed by atoms with Crippen molar-refractivity contribution in [3.8, 4) is 5.75 Å². The summed E-state index contributed by atoms with van der Waals surface area (Å²) in [6, 6.07) is 9.02. The molecule has 0 saturated carbocycles. The third-order valence-corrected chi connectivity index (χ3v) is 5.44. The molecule has 0 radical (unpaired) electrons. The molecule has 7 nitrogen and oxygen atoms in total. The number of hydrogen-bond acceptors (Lipinski definition) is 5. The van der Waals surface area contributed by atoms with Gasteiger partial charge in [-0.1, -0.05) is 0 Å². The summed E-state index contributed by atoms with van der Waals surface area (Å²) >= 11 is 0. The van der Waals surface area contributed by atoms with Crippen LogP contribution in [0, 0.1) is 5.82 Å². The number of amides is 1. The number of anilines is 2. The average Bonchev–Trinajstić information content (AvgIpc) is 3.17. The van der Waals surface area contributed by atoms with E-state index in [1.165, 1.54) is 19.2 Å². The number of benzene rings is 2. The minimum Gasteiger partial charge on any atom is -0.495 e. The first-order chi connectivity index (χ1) is 12.9. The van der Waals surface area contributed by atoms with Crippen molar-refractivity contribution in [2.45, 2.75) is 23.8 Å². The molecule has 0 aliphatic carbocycles. The number of halogens is 1. The van der Waals surface area contributed by atoms with Crippen molar-refractivity contribution in [3.63, 3.8) is 0 Å². The summed E-state index contributed by atoms with van der Waals surface area (Å²) in [5, 5.41) is 2.70. The minimum absolute atomic E-state index is 0.0975. The maximum Gasteiger partial charge on any atom is 0.262 e. The Morgan fingerprint density at radius 2 is 1.96 bits per heavy atom. The maximum absolute atomic E-state index is 13.0. The first-order valence-electron chi connectivity index (χ1n) is 8.28. The van der Waals surface area contributed by atoms with Crippen LogP contribution in [0.3, 0.4) is 0 Å². The normalized spacial score (nSPS) is 16.7. The largest absolute Gasteiger partial charge is 0.495 e. The Labute approximate surface area is 156 Å². The lowest BCUT2D eigenvalue weighted by Gasteiger charge is -2.15. The van der Waals surface area contributed by atoms with Crippen LogP contribution in [0.15, 0.2) is 47.4 Å². The molecule has 0 bridgehead atoms. The highest BCUT2D eigenvalue weighted by atomic mass is 32.2. The molecule has 27 heavy (non-hydrogen) atoms. The SMILES string of the molecule is COc1ccc(NC(=O)C2CCCO2)cc1NS(=O)(=O)c1ccc(F)cc1. The number of hydrogen-bond donors (Lipinski definition) is 2. The zero-order valence-electron chi connectivity index (χ0n) is 14.6. The minimum atomic E-state index is -3.96. The third kappa shape index (κ3) is 4.55. The number of methoxy groups -OCH3 is 1. The van der Waals surface area contributed by atoms with E-state index in [2.05, 4.69) is 10.0 Å². The standard InChI is InChI=1S/C18H19FN2O5S/c1-25-16-9-6-13(20-18(22)17-3-2-10-26-17)11-15(16)21-27(23,24)14-7-4-12(19)5-8-14/h4-9,11,17,21H,2-3,10H2,1H3,(H,20,22). The van der Waals surface area contributed by atoms with Gasteiger partial charge in [-0.15, -0.1) is 0 Å². The highest BCUT2D eigenvalue weighted by Gasteiger charge is 2.24. The van der Waals surface area contributed by atoms with Crippen LogP contribution < -0.4 is 14.8 Å². The van der Waals surface area contributed by atoms with Crippen LogP contribution in [0.25, 0.3) is 0 Å². The molecule has 0 spiro atoms. The van der Waals surface area contributed by atoms with Crippen molar-refractivity contribution in [1.82, 2.24) is 0 Å². The van der Waals surface area contributed by atoms with E-state index in [0.29, 0.717) is 18.7 Å². The molecule has 9 heteroatoms. The zero-order chi connectivity index (χ0) is 19.4. The van der Waals surface area contributed by atoms with Gasteiger partial charge in [-0.3, -0.25) is 9.52 Å². The second-order valence-corrected chi connectivity index (χ2v) is 7.65. The van der Waals surface area contributed by atoms with E-state index < -0.39 is 21.9 Å². The van der Waals surface area contributed by atoms with Gasteiger partial charge in [0.1, 0.15) is 17.7 Å². The van der Waals surface area contributed by atoms with Gasteiger partial charge in [-0.05, 0) is 55.3 Å². The molecule has 1 atom stereocenters. The average molecular weight is 394 g/mol. The van der Waals surface area contributed by atoms with Gasteiger partial charge in [-0.2, -0.15) is 0 Å². The number of ether oxygens (including phenoxy) is 2. The Balaban J connectivity index is 1.82. The lowest BCUT2D eigenvalue weighted by atomic mass is 10.2. The summed E-state index contributed by atoms with van der Waals surface area (Å²) in [5.41, 5.74) is 0.542. The highest BCUT2D eigenvalue weighted by Crippen LogP contribution is 2.30. The van der Waals surface area contributed by atoms with Crippen LogP contribution >= 0.6 is 0 Å². The molecular weight excluding hydrogens is 375 g/mol. The number of nitrogens with one attached hydrogen (secondary N) is 2. The predicted molar refractivity (Wildman–Crippen MR) is 97.8 cm³/mol. The predicted octanol–water partition coefficient (Wildman–Crippen LogP) is 2.75. The topological polar surface area (TPSA) is 93.7 Å². The van der Waals surface area contributed by atoms with E-state index in [-0.39, 0.29) is 22.2 Å². The summed E-state index contributed by atoms with van der Waals surface area (Å²) in [5.74, 6) is -0.550. The smallest absolute Gasteiger partial charge is 0.262 e. The quantitative estimate of drug-likeness (QED) is 0.786. The molecule has 144 valence electrons. The Morgan fingerprint density at radius 3 is 2.59 bits per heavy atom. The van der Waals surface area contributed by atoms with Gasteiger partial charge < -0.3 is 14.8 Å². The number of carbonyl (C=O) groups is 1. The van der Waals surface area contributed by atoms with Gasteiger partial charge in [0.2, 0.25) is 0 Å². The monoisotopic (exact) mass is 394 g/mol. The van der Waals surface area contributed by atoms with Gasteiger partial charge in [0, 0.05) is 12.3 Å². The van der Waals surface area contributed by atoms with E-state index in [0.717, 1.165) is 30.7 Å². The van der Waals surface area contributed by atoms with E-state index in [1.54, 1.807) is 6.07 Å². The van der Waals surface area contributed by atoms with Gasteiger partial charge in [0.25, 0.3) is 15.9 Å². The molecule has 2 aromatic carbocycles. The lowest BCUT2D eigenvalue weighted by molar-refractivity contribution is -0.124. The van der Waals surface area contributed by atoms with Crippen molar-refractivity contribution in [2.75, 3.05) is 23.8 Å². The van der Waals surface area contributed by atoms with E-state index in [9.17, 15) is 17.6 Å². The van der Waals surface area contributed by atoms with Gasteiger partial charge in [-0.25, -0.2) is 12.8 Å². The van der Waals surface area contributed by atoms with E-state index in [4.69, 9.17) is 9.47 Å². The third-order valence-electron chi connectivity index (χ3n) is 4.06. The fourth-order valence-electron chi connectivity index (χ4n) is 2.69. The zero-order valence-corrected chi connectivity index (χ0v) is 15.4. The van der Waals surface area contributed by atoms with Crippen LogP contribution in [0.4, 0.5) is 15.8 Å². The molecule has 1 aliphatic heterocycles. The van der Waals surface area contributed by atoms with Gasteiger partial charge >= 0.3 is 0 Å². The molecule has 3 rings (SSSR count). The second-order valence-electron chi connectivity index (χ2n) is 5.97. The molecule has 1 heterocycles. The first-order valence-corrected chi connectivity index (χ1v) is 9.76. The van der Waals surface area contributed by atoms with Crippen molar-refractivity contribution in [3.05, 3.63) is 48.3 Å². The number of sulfonamides is 1. The lowest BCUT2D eigenvalue weighted by Crippen LogP contribution is -2.26. The summed E-state index contributed by atoms with van der Waals surface area (Å²) in [4.78, 5) is 12.1. The Hall–Kier alpha value is -2.65. The highest BCUT2D eigenvalue weighted by molar-refractivity contribution is 7.92. The molecule has 2 aromatic rings. The Bertz CT molecular complexity index is 925. The van der Waals surface area contributed by atoms with Crippen LogP contribution in [0.1, 0.15) is 12.8 Å². The fraction of sp³-hybridized carbons (Fsp3) is 0.278. The fourth-order valence-corrected chi connectivity index (χ4v) is 3.75. The van der Waals surface area contributed by atoms with Crippen molar-refractivity contribution >= 4 is 27.3 Å². The van der Waals surface area contributed by atoms with Crippen LogP contribution in [-0.4, -0.2) is 34.1 Å². The van der Waals surface area contributed by atoms with Gasteiger partial charge in [0.15, 0.2) is 0 Å². The molecule has 1 saturated heterocycles. The van der Waals surface area contributed by atoms with E-state index in [1.807, 2.05) is 0 Å². The van der Waals surface area contributed by atoms with Gasteiger partial charge in [0.05, 0.1) is 17.7 Å². The summed E-state index contributed by atoms with van der Waals surface area (Å²) in [7, 11) is -2.56. The molecular formula is C18H19FN2O5S. The Kier molecular flexibility index (Phi) is 5.62. The molecule has 1 aliphatic rings. The van der Waals surface area contributed by atoms with Crippen molar-refractivity contribution < 1.29 is 27.1 Å². The van der Waals surface area contributed by atoms with E-state index >= 15 is 0 Å². The Morgan fingerprint density at radius 1 is 1.22 bits per heavy atom.